The maximum Gasteiger partial charge on any atom is 1.00 e. The first-order valence-corrected chi connectivity index (χ1v) is 6.08. The zero-order valence-electron chi connectivity index (χ0n) is 10.9. The van der Waals surface area contributed by atoms with Gasteiger partial charge in [-0.25, -0.2) is 0 Å². The van der Waals surface area contributed by atoms with Crippen molar-refractivity contribution in [2.24, 2.45) is 0 Å². The summed E-state index contributed by atoms with van der Waals surface area (Å²) in [6, 6.07) is 0. The van der Waals surface area contributed by atoms with Crippen molar-refractivity contribution >= 4 is 13.6 Å². The van der Waals surface area contributed by atoms with Crippen LogP contribution in [0.5, 0.6) is 0 Å². The molecule has 0 aromatic rings. The van der Waals surface area contributed by atoms with Gasteiger partial charge >= 0.3 is 59.1 Å². The molecule has 4 atom stereocenters. The van der Waals surface area contributed by atoms with E-state index < -0.39 is 51.2 Å². The van der Waals surface area contributed by atoms with E-state index in [0.29, 0.717) is 0 Å². The monoisotopic (exact) mass is 334 g/mol. The number of hydrogen-bond donors (Lipinski definition) is 5. The van der Waals surface area contributed by atoms with Gasteiger partial charge in [0.05, 0.1) is 14.4 Å². The zero-order chi connectivity index (χ0) is 14.5. The summed E-state index contributed by atoms with van der Waals surface area (Å²) in [7, 11) is -5.36. The molecule has 0 aromatic heterocycles. The summed E-state index contributed by atoms with van der Waals surface area (Å²) in [6.45, 7) is -2.25. The fourth-order valence-electron chi connectivity index (χ4n) is 0.965. The van der Waals surface area contributed by atoms with Crippen molar-refractivity contribution in [3.05, 3.63) is 0 Å². The van der Waals surface area contributed by atoms with Gasteiger partial charge in [-0.15, -0.1) is 0 Å². The second-order valence-electron chi connectivity index (χ2n) is 3.36. The van der Waals surface area contributed by atoms with Crippen LogP contribution < -0.4 is 68.9 Å². The van der Waals surface area contributed by atoms with Crippen LogP contribution in [0.4, 0.5) is 0 Å². The summed E-state index contributed by atoms with van der Waals surface area (Å²) in [5.74, 6) is -1.21. The van der Waals surface area contributed by atoms with Gasteiger partial charge < -0.3 is 44.4 Å². The van der Waals surface area contributed by atoms with Crippen molar-refractivity contribution in [2.75, 3.05) is 13.2 Å². The number of phosphoric acid groups is 1. The Hall–Kier alpha value is 1.58. The Morgan fingerprint density at radius 2 is 1.55 bits per heavy atom. The second-order valence-corrected chi connectivity index (χ2v) is 4.51. The fraction of sp³-hybridized carbons (Fsp3) is 0.857. The number of phosphoric ester groups is 1. The van der Waals surface area contributed by atoms with E-state index in [-0.39, 0.29) is 59.1 Å². The molecule has 0 unspecified atom stereocenters. The van der Waals surface area contributed by atoms with Crippen LogP contribution in [0.3, 0.4) is 0 Å². The van der Waals surface area contributed by atoms with Gasteiger partial charge in [-0.1, -0.05) is 0 Å². The Labute approximate surface area is 158 Å². The van der Waals surface area contributed by atoms with E-state index in [9.17, 15) is 29.4 Å². The van der Waals surface area contributed by atoms with Crippen LogP contribution in [-0.2, 0) is 13.9 Å². The number of aliphatic hydroxyl groups excluding tert-OH is 5. The minimum Gasteiger partial charge on any atom is -0.790 e. The normalized spacial score (nSPS) is 17.1. The Bertz CT molecular complexity index is 323. The van der Waals surface area contributed by atoms with E-state index in [1.54, 1.807) is 0 Å². The molecule has 0 aliphatic rings. The molecular weight excluding hydrogens is 321 g/mol. The van der Waals surface area contributed by atoms with Crippen LogP contribution in [0.25, 0.3) is 0 Å². The Morgan fingerprint density at radius 3 is 1.90 bits per heavy atom. The molecule has 10 nitrogen and oxygen atoms in total. The SMILES string of the molecule is O=C(CO)[C@@H](O)[C@H](O)[C@H](O)[C@H](O)COP(=O)([O-])[O-].[Na+].[Na+]. The van der Waals surface area contributed by atoms with Gasteiger partial charge in [0.15, 0.2) is 5.78 Å². The van der Waals surface area contributed by atoms with E-state index >= 15 is 0 Å². The second kappa shape index (κ2) is 12.1. The van der Waals surface area contributed by atoms with Crippen molar-refractivity contribution in [2.45, 2.75) is 24.4 Å². The summed E-state index contributed by atoms with van der Waals surface area (Å²) in [5.41, 5.74) is 0. The van der Waals surface area contributed by atoms with Crippen LogP contribution in [0.2, 0.25) is 0 Å². The number of aliphatic hydroxyl groups is 5. The minimum absolute atomic E-state index is 0. The van der Waals surface area contributed by atoms with Crippen LogP contribution in [0.1, 0.15) is 0 Å². The van der Waals surface area contributed by atoms with Gasteiger partial charge in [0.2, 0.25) is 0 Å². The summed E-state index contributed by atoms with van der Waals surface area (Å²) >= 11 is 0. The third-order valence-electron chi connectivity index (χ3n) is 1.96. The molecule has 5 N–H and O–H groups in total. The van der Waals surface area contributed by atoms with Gasteiger partial charge in [-0.2, -0.15) is 0 Å². The molecule has 0 saturated heterocycles. The molecule has 0 saturated carbocycles. The van der Waals surface area contributed by atoms with Crippen molar-refractivity contribution in [1.82, 2.24) is 0 Å². The molecular formula is C7H13Na2O10P. The number of hydrogen-bond acceptors (Lipinski definition) is 10. The van der Waals surface area contributed by atoms with Crippen LogP contribution in [-0.4, -0.2) is 68.9 Å². The summed E-state index contributed by atoms with van der Waals surface area (Å²) in [5, 5.41) is 45.0. The first kappa shape index (κ1) is 26.5. The predicted molar refractivity (Wildman–Crippen MR) is 49.7 cm³/mol. The van der Waals surface area contributed by atoms with E-state index in [4.69, 9.17) is 15.3 Å². The zero-order valence-corrected chi connectivity index (χ0v) is 15.8. The predicted octanol–water partition coefficient (Wildman–Crippen LogP) is -11.2. The number of carbonyl (C=O) groups excluding carboxylic acids is 1. The number of ketones is 1. The first-order chi connectivity index (χ1) is 8.10. The summed E-state index contributed by atoms with van der Waals surface area (Å²) in [6.07, 6.45) is -8.54. The minimum atomic E-state index is -5.36. The standard InChI is InChI=1S/C7H15O10P.2Na/c8-1-3(9)5(11)7(13)6(12)4(10)2-17-18(14,15)16;;/h4-8,10-13H,1-2H2,(H2,14,15,16);;/q;2*+1/p-2/t4-,5-,6-,7+;;/m1../s1. The molecule has 0 fully saturated rings. The Kier molecular flexibility index (Phi) is 16.0. The fourth-order valence-corrected chi connectivity index (χ4v) is 1.30. The molecule has 20 heavy (non-hydrogen) atoms. The third kappa shape index (κ3) is 10.3. The van der Waals surface area contributed by atoms with Crippen LogP contribution in [0.15, 0.2) is 0 Å². The molecule has 0 aromatic carbocycles. The van der Waals surface area contributed by atoms with Gasteiger partial charge in [0.1, 0.15) is 31.0 Å². The Balaban J connectivity index is -0.00000144. The summed E-state index contributed by atoms with van der Waals surface area (Å²) < 4.78 is 13.7. The molecule has 0 rings (SSSR count). The average molecular weight is 334 g/mol. The van der Waals surface area contributed by atoms with Crippen molar-refractivity contribution in [1.29, 1.82) is 0 Å². The molecule has 0 amide bonds. The van der Waals surface area contributed by atoms with Crippen molar-refractivity contribution in [3.8, 4) is 0 Å². The van der Waals surface area contributed by atoms with E-state index in [1.165, 1.54) is 0 Å². The van der Waals surface area contributed by atoms with Crippen LogP contribution in [0, 0.1) is 0 Å². The van der Waals surface area contributed by atoms with Gasteiger partial charge in [-0.05, 0) is 0 Å². The maximum absolute atomic E-state index is 10.8. The largest absolute Gasteiger partial charge is 1.00 e. The third-order valence-corrected chi connectivity index (χ3v) is 2.42. The van der Waals surface area contributed by atoms with E-state index in [2.05, 4.69) is 4.52 Å². The quantitative estimate of drug-likeness (QED) is 0.210. The van der Waals surface area contributed by atoms with E-state index in [0.717, 1.165) is 0 Å². The topological polar surface area (TPSA) is 191 Å². The van der Waals surface area contributed by atoms with Crippen LogP contribution >= 0.6 is 7.82 Å². The molecule has 0 spiro atoms. The van der Waals surface area contributed by atoms with Gasteiger partial charge in [0, 0.05) is 0 Å². The smallest absolute Gasteiger partial charge is 0.790 e. The molecule has 0 heterocycles. The molecule has 0 aliphatic carbocycles. The van der Waals surface area contributed by atoms with Crippen molar-refractivity contribution in [3.63, 3.8) is 0 Å². The molecule has 13 heteroatoms. The average Bonchev–Trinajstić information content (AvgIpc) is 2.31. The number of Topliss-reactive ketones (excluding diaryl/α,β-unsaturated/α-hetero) is 1. The summed E-state index contributed by atoms with van der Waals surface area (Å²) in [4.78, 5) is 30.9. The first-order valence-electron chi connectivity index (χ1n) is 4.62. The maximum atomic E-state index is 10.8. The molecule has 0 radical (unpaired) electrons. The van der Waals surface area contributed by atoms with Gasteiger partial charge in [-0.3, -0.25) is 4.79 Å². The van der Waals surface area contributed by atoms with Gasteiger partial charge in [0.25, 0.3) is 0 Å². The number of rotatable bonds is 8. The van der Waals surface area contributed by atoms with Crippen molar-refractivity contribution < 1.29 is 108 Å². The Morgan fingerprint density at radius 1 is 1.10 bits per heavy atom. The molecule has 0 bridgehead atoms. The molecule has 0 aliphatic heterocycles. The number of carbonyl (C=O) groups is 1. The molecule has 108 valence electrons. The van der Waals surface area contributed by atoms with E-state index in [1.807, 2.05) is 0 Å².